The van der Waals surface area contributed by atoms with Crippen molar-refractivity contribution < 1.29 is 5.11 Å². The highest BCUT2D eigenvalue weighted by Crippen LogP contribution is 2.23. The summed E-state index contributed by atoms with van der Waals surface area (Å²) in [5, 5.41) is 14.8. The Kier molecular flexibility index (Phi) is 4.65. The summed E-state index contributed by atoms with van der Waals surface area (Å²) in [6.07, 6.45) is 2.92. The minimum atomic E-state index is -0.181. The van der Waals surface area contributed by atoms with Crippen molar-refractivity contribution >= 4 is 11.6 Å². The highest BCUT2D eigenvalue weighted by Gasteiger charge is 2.23. The second-order valence-electron chi connectivity index (χ2n) is 5.11. The number of aromatic nitrogens is 2. The summed E-state index contributed by atoms with van der Waals surface area (Å²) in [5.41, 5.74) is 2.12. The quantitative estimate of drug-likeness (QED) is 0.893. The molecule has 1 fully saturated rings. The molecular weight excluding hydrogens is 250 g/mol. The van der Waals surface area contributed by atoms with Gasteiger partial charge < -0.3 is 5.11 Å². The minimum absolute atomic E-state index is 0.181. The van der Waals surface area contributed by atoms with Gasteiger partial charge in [-0.25, -0.2) is 0 Å². The maximum atomic E-state index is 9.54. The first kappa shape index (κ1) is 13.8. The smallest absolute Gasteiger partial charge is 0.131 e. The molecule has 1 aliphatic rings. The maximum Gasteiger partial charge on any atom is 0.131 e. The van der Waals surface area contributed by atoms with Crippen LogP contribution in [0.25, 0.3) is 0 Å². The van der Waals surface area contributed by atoms with Crippen molar-refractivity contribution in [3.8, 4) is 0 Å². The van der Waals surface area contributed by atoms with Gasteiger partial charge in [-0.05, 0) is 19.8 Å². The van der Waals surface area contributed by atoms with Crippen LogP contribution in [0.2, 0.25) is 5.15 Å². The molecule has 0 unspecified atom stereocenters. The highest BCUT2D eigenvalue weighted by atomic mass is 35.5. The third-order valence-electron chi connectivity index (χ3n) is 3.54. The molecule has 102 valence electrons. The zero-order valence-electron chi connectivity index (χ0n) is 11.2. The van der Waals surface area contributed by atoms with Gasteiger partial charge >= 0.3 is 0 Å². The minimum Gasteiger partial charge on any atom is -0.392 e. The lowest BCUT2D eigenvalue weighted by Crippen LogP contribution is -2.21. The summed E-state index contributed by atoms with van der Waals surface area (Å²) >= 11 is 6.39. The lowest BCUT2D eigenvalue weighted by molar-refractivity contribution is 0.174. The molecule has 0 saturated carbocycles. The van der Waals surface area contributed by atoms with Crippen molar-refractivity contribution in [3.63, 3.8) is 0 Å². The predicted octanol–water partition coefficient (Wildman–Crippen LogP) is 2.21. The van der Waals surface area contributed by atoms with Gasteiger partial charge in [-0.1, -0.05) is 24.9 Å². The Labute approximate surface area is 114 Å². The summed E-state index contributed by atoms with van der Waals surface area (Å²) in [7, 11) is 0. The van der Waals surface area contributed by atoms with Crippen LogP contribution >= 0.6 is 11.6 Å². The number of unbranched alkanes of at least 4 members (excludes halogenated alkanes) is 1. The number of aryl methyl sites for hydroxylation is 2. The second-order valence-corrected chi connectivity index (χ2v) is 5.47. The molecule has 1 aromatic rings. The zero-order chi connectivity index (χ0) is 13.1. The van der Waals surface area contributed by atoms with Crippen LogP contribution in [0.1, 0.15) is 37.4 Å². The van der Waals surface area contributed by atoms with Gasteiger partial charge in [0.15, 0.2) is 0 Å². The number of nitrogens with zero attached hydrogens (tertiary/aromatic N) is 3. The fourth-order valence-corrected chi connectivity index (χ4v) is 2.72. The van der Waals surface area contributed by atoms with E-state index in [1.165, 1.54) is 0 Å². The van der Waals surface area contributed by atoms with E-state index in [4.69, 9.17) is 11.6 Å². The lowest BCUT2D eigenvalue weighted by Gasteiger charge is -2.14. The van der Waals surface area contributed by atoms with E-state index in [9.17, 15) is 5.11 Å². The largest absolute Gasteiger partial charge is 0.392 e. The molecule has 1 saturated heterocycles. The van der Waals surface area contributed by atoms with Gasteiger partial charge in [0.25, 0.3) is 0 Å². The molecule has 0 bridgehead atoms. The van der Waals surface area contributed by atoms with Crippen molar-refractivity contribution in [2.75, 3.05) is 13.1 Å². The second kappa shape index (κ2) is 6.04. The van der Waals surface area contributed by atoms with Crippen LogP contribution in [0.5, 0.6) is 0 Å². The zero-order valence-corrected chi connectivity index (χ0v) is 11.9. The molecule has 4 nitrogen and oxygen atoms in total. The summed E-state index contributed by atoms with van der Waals surface area (Å²) in [6.45, 7) is 7.55. The molecule has 1 aliphatic heterocycles. The van der Waals surface area contributed by atoms with Crippen LogP contribution < -0.4 is 0 Å². The number of halogens is 1. The lowest BCUT2D eigenvalue weighted by atomic mass is 10.2. The van der Waals surface area contributed by atoms with Crippen molar-refractivity contribution in [2.45, 2.75) is 52.3 Å². The summed E-state index contributed by atoms with van der Waals surface area (Å²) in [4.78, 5) is 2.24. The fraction of sp³-hybridized carbons (Fsp3) is 0.769. The van der Waals surface area contributed by atoms with Gasteiger partial charge in [0, 0.05) is 31.7 Å². The van der Waals surface area contributed by atoms with E-state index in [0.717, 1.165) is 61.9 Å². The molecule has 5 heteroatoms. The van der Waals surface area contributed by atoms with Crippen LogP contribution in [-0.4, -0.2) is 39.0 Å². The van der Waals surface area contributed by atoms with Crippen LogP contribution in [0.3, 0.4) is 0 Å². The first-order valence-corrected chi connectivity index (χ1v) is 7.11. The molecule has 0 radical (unpaired) electrons. The van der Waals surface area contributed by atoms with Crippen LogP contribution in [0.15, 0.2) is 0 Å². The number of hydrogen-bond donors (Lipinski definition) is 1. The van der Waals surface area contributed by atoms with Crippen LogP contribution in [0, 0.1) is 6.92 Å². The molecule has 18 heavy (non-hydrogen) atoms. The molecule has 1 atom stereocenters. The van der Waals surface area contributed by atoms with E-state index in [1.807, 2.05) is 11.6 Å². The number of β-amino-alcohol motifs (C(OH)–C–C–N with tert-alkyl or cyclic N) is 1. The average molecular weight is 272 g/mol. The topological polar surface area (TPSA) is 41.3 Å². The molecular formula is C13H22ClN3O. The van der Waals surface area contributed by atoms with Gasteiger partial charge in [-0.15, -0.1) is 0 Å². The Morgan fingerprint density at radius 2 is 2.28 bits per heavy atom. The van der Waals surface area contributed by atoms with Crippen molar-refractivity contribution in [2.24, 2.45) is 0 Å². The van der Waals surface area contributed by atoms with Gasteiger partial charge in [0.2, 0.25) is 0 Å². The Morgan fingerprint density at radius 1 is 1.50 bits per heavy atom. The Balaban J connectivity index is 2.05. The molecule has 2 heterocycles. The molecule has 0 amide bonds. The van der Waals surface area contributed by atoms with Crippen molar-refractivity contribution in [3.05, 3.63) is 16.4 Å². The van der Waals surface area contributed by atoms with Gasteiger partial charge in [0.05, 0.1) is 11.8 Å². The van der Waals surface area contributed by atoms with Crippen LogP contribution in [-0.2, 0) is 13.1 Å². The summed E-state index contributed by atoms with van der Waals surface area (Å²) in [5.74, 6) is 0. The fourth-order valence-electron chi connectivity index (χ4n) is 2.41. The molecule has 1 N–H and O–H groups in total. The van der Waals surface area contributed by atoms with Crippen LogP contribution in [0.4, 0.5) is 0 Å². The number of hydrogen-bond acceptors (Lipinski definition) is 3. The van der Waals surface area contributed by atoms with Gasteiger partial charge in [0.1, 0.15) is 5.15 Å². The summed E-state index contributed by atoms with van der Waals surface area (Å²) in [6, 6.07) is 0. The Hall–Kier alpha value is -0.580. The Morgan fingerprint density at radius 3 is 2.89 bits per heavy atom. The van der Waals surface area contributed by atoms with Gasteiger partial charge in [-0.3, -0.25) is 9.58 Å². The number of rotatable bonds is 5. The van der Waals surface area contributed by atoms with E-state index < -0.39 is 0 Å². The third-order valence-corrected chi connectivity index (χ3v) is 3.96. The van der Waals surface area contributed by atoms with E-state index in [2.05, 4.69) is 16.9 Å². The van der Waals surface area contributed by atoms with Gasteiger partial charge in [-0.2, -0.15) is 5.10 Å². The molecule has 1 aromatic heterocycles. The predicted molar refractivity (Wildman–Crippen MR) is 72.8 cm³/mol. The van der Waals surface area contributed by atoms with E-state index in [0.29, 0.717) is 0 Å². The SMILES string of the molecule is CCCCn1nc(C)c(CN2CC[C@@H](O)C2)c1Cl. The molecule has 0 aromatic carbocycles. The maximum absolute atomic E-state index is 9.54. The average Bonchev–Trinajstić information content (AvgIpc) is 2.86. The standard InChI is InChI=1S/C13H22ClN3O/c1-3-4-6-17-13(14)12(10(2)15-17)9-16-7-5-11(18)8-16/h11,18H,3-9H2,1-2H3/t11-/m1/s1. The normalized spacial score (nSPS) is 20.8. The first-order chi connectivity index (χ1) is 8.61. The Bertz CT molecular complexity index is 405. The highest BCUT2D eigenvalue weighted by molar-refractivity contribution is 6.30. The molecule has 2 rings (SSSR count). The molecule has 0 aliphatic carbocycles. The monoisotopic (exact) mass is 271 g/mol. The summed E-state index contributed by atoms with van der Waals surface area (Å²) < 4.78 is 1.90. The van der Waals surface area contributed by atoms with E-state index in [1.54, 1.807) is 0 Å². The molecule has 0 spiro atoms. The number of aliphatic hydroxyl groups excluding tert-OH is 1. The van der Waals surface area contributed by atoms with Crippen molar-refractivity contribution in [1.82, 2.24) is 14.7 Å². The number of aliphatic hydroxyl groups is 1. The van der Waals surface area contributed by atoms with Crippen molar-refractivity contribution in [1.29, 1.82) is 0 Å². The van der Waals surface area contributed by atoms with E-state index in [-0.39, 0.29) is 6.10 Å². The number of likely N-dealkylation sites (tertiary alicyclic amines) is 1. The third kappa shape index (κ3) is 3.05. The van der Waals surface area contributed by atoms with E-state index >= 15 is 0 Å². The first-order valence-electron chi connectivity index (χ1n) is 6.74.